The van der Waals surface area contributed by atoms with Gasteiger partial charge in [0.25, 0.3) is 0 Å². The average Bonchev–Trinajstić information content (AvgIpc) is 2.54. The van der Waals surface area contributed by atoms with E-state index in [0.717, 1.165) is 31.7 Å². The molecule has 3 N–H and O–H groups in total. The normalized spacial score (nSPS) is 18.2. The van der Waals surface area contributed by atoms with Crippen molar-refractivity contribution < 1.29 is 9.90 Å². The molecule has 2 rings (SSSR count). The van der Waals surface area contributed by atoms with Crippen LogP contribution in [0, 0.1) is 0 Å². The zero-order valence-electron chi connectivity index (χ0n) is 12.8. The van der Waals surface area contributed by atoms with Gasteiger partial charge in [0.15, 0.2) is 0 Å². The van der Waals surface area contributed by atoms with Crippen molar-refractivity contribution in [1.29, 1.82) is 0 Å². The summed E-state index contributed by atoms with van der Waals surface area (Å²) in [6.45, 7) is 7.29. The lowest BCUT2D eigenvalue weighted by atomic mass is 9.98. The van der Waals surface area contributed by atoms with E-state index in [4.69, 9.17) is 0 Å². The number of aliphatic hydroxyl groups excluding tert-OH is 1. The molecule has 116 valence electrons. The van der Waals surface area contributed by atoms with E-state index in [0.29, 0.717) is 0 Å². The molecule has 1 fully saturated rings. The van der Waals surface area contributed by atoms with Crippen LogP contribution >= 0.6 is 0 Å². The molecular formula is C16H25N3O2. The Kier molecular flexibility index (Phi) is 5.33. The van der Waals surface area contributed by atoms with Gasteiger partial charge in [0.05, 0.1) is 18.2 Å². The predicted octanol–water partition coefficient (Wildman–Crippen LogP) is 0.520. The molecule has 0 radical (unpaired) electrons. The Morgan fingerprint density at radius 1 is 1.33 bits per heavy atom. The summed E-state index contributed by atoms with van der Waals surface area (Å²) < 4.78 is 0. The van der Waals surface area contributed by atoms with Gasteiger partial charge in [0, 0.05) is 26.2 Å². The van der Waals surface area contributed by atoms with Crippen molar-refractivity contribution in [1.82, 2.24) is 15.5 Å². The first-order valence-electron chi connectivity index (χ1n) is 7.48. The lowest BCUT2D eigenvalue weighted by Crippen LogP contribution is -2.60. The Hall–Kier alpha value is -1.43. The fraction of sp³-hybridized carbons (Fsp3) is 0.562. The first-order chi connectivity index (χ1) is 10.1. The zero-order valence-corrected chi connectivity index (χ0v) is 12.8. The van der Waals surface area contributed by atoms with Gasteiger partial charge in [0.2, 0.25) is 5.91 Å². The van der Waals surface area contributed by atoms with Gasteiger partial charge in [-0.05, 0) is 19.4 Å². The Morgan fingerprint density at radius 3 is 2.52 bits per heavy atom. The van der Waals surface area contributed by atoms with Crippen molar-refractivity contribution in [2.75, 3.05) is 32.8 Å². The third-order valence-electron chi connectivity index (χ3n) is 4.15. The smallest absolute Gasteiger partial charge is 0.240 e. The quantitative estimate of drug-likeness (QED) is 0.740. The molecule has 0 aliphatic carbocycles. The van der Waals surface area contributed by atoms with Crippen LogP contribution in [0.3, 0.4) is 0 Å². The van der Waals surface area contributed by atoms with Gasteiger partial charge in [-0.2, -0.15) is 0 Å². The number of hydrogen-bond donors (Lipinski definition) is 3. The minimum atomic E-state index is -0.579. The molecule has 0 bridgehead atoms. The summed E-state index contributed by atoms with van der Waals surface area (Å²) in [5.41, 5.74) is 0.342. The maximum Gasteiger partial charge on any atom is 0.240 e. The number of benzene rings is 1. The molecule has 0 saturated carbocycles. The summed E-state index contributed by atoms with van der Waals surface area (Å²) in [5, 5.41) is 15.8. The summed E-state index contributed by atoms with van der Waals surface area (Å²) in [7, 11) is 0. The summed E-state index contributed by atoms with van der Waals surface area (Å²) >= 11 is 0. The van der Waals surface area contributed by atoms with E-state index < -0.39 is 5.54 Å². The number of carbonyl (C=O) groups excluding carboxylic acids is 1. The van der Waals surface area contributed by atoms with Crippen LogP contribution in [0.25, 0.3) is 0 Å². The fourth-order valence-electron chi connectivity index (χ4n) is 2.62. The Balaban J connectivity index is 2.04. The van der Waals surface area contributed by atoms with E-state index in [1.807, 2.05) is 44.2 Å². The van der Waals surface area contributed by atoms with Crippen molar-refractivity contribution in [3.05, 3.63) is 35.9 Å². The Morgan fingerprint density at radius 2 is 1.95 bits per heavy atom. The van der Waals surface area contributed by atoms with Crippen molar-refractivity contribution >= 4 is 5.91 Å². The Labute approximate surface area is 126 Å². The van der Waals surface area contributed by atoms with E-state index in [2.05, 4.69) is 15.5 Å². The van der Waals surface area contributed by atoms with E-state index in [1.165, 1.54) is 0 Å². The molecule has 21 heavy (non-hydrogen) atoms. The molecule has 1 amide bonds. The minimum absolute atomic E-state index is 0.0488. The first kappa shape index (κ1) is 15.9. The van der Waals surface area contributed by atoms with Gasteiger partial charge in [-0.1, -0.05) is 30.3 Å². The van der Waals surface area contributed by atoms with Crippen LogP contribution in [0.1, 0.15) is 25.5 Å². The standard InChI is InChI=1S/C16H25N3O2/c1-16(2,19-10-8-17-9-11-19)15(21)18-14(12-20)13-6-4-3-5-7-13/h3-7,14,17,20H,8-12H2,1-2H3,(H,18,21)/t14-/m1/s1. The molecule has 5 nitrogen and oxygen atoms in total. The van der Waals surface area contributed by atoms with Gasteiger partial charge in [-0.25, -0.2) is 0 Å². The molecule has 1 aromatic rings. The molecule has 5 heteroatoms. The number of nitrogens with one attached hydrogen (secondary N) is 2. The molecule has 0 unspecified atom stereocenters. The van der Waals surface area contributed by atoms with Crippen LogP contribution in [-0.4, -0.2) is 54.2 Å². The molecule has 0 spiro atoms. The van der Waals surface area contributed by atoms with Gasteiger partial charge in [0.1, 0.15) is 0 Å². The highest BCUT2D eigenvalue weighted by atomic mass is 16.3. The largest absolute Gasteiger partial charge is 0.394 e. The number of hydrogen-bond acceptors (Lipinski definition) is 4. The van der Waals surface area contributed by atoms with Crippen LogP contribution in [0.2, 0.25) is 0 Å². The maximum atomic E-state index is 12.6. The SMILES string of the molecule is CC(C)(C(=O)N[C@H](CO)c1ccccc1)N1CCNCC1. The van der Waals surface area contributed by atoms with Crippen LogP contribution in [0.15, 0.2) is 30.3 Å². The van der Waals surface area contributed by atoms with E-state index in [-0.39, 0.29) is 18.6 Å². The number of nitrogens with zero attached hydrogens (tertiary/aromatic N) is 1. The zero-order chi connectivity index (χ0) is 15.3. The predicted molar refractivity (Wildman–Crippen MR) is 82.9 cm³/mol. The van der Waals surface area contributed by atoms with Gasteiger partial charge >= 0.3 is 0 Å². The molecule has 1 aliphatic heterocycles. The second kappa shape index (κ2) is 7.02. The topological polar surface area (TPSA) is 64.6 Å². The summed E-state index contributed by atoms with van der Waals surface area (Å²) in [6.07, 6.45) is 0. The van der Waals surface area contributed by atoms with Crippen molar-refractivity contribution in [2.45, 2.75) is 25.4 Å². The third-order valence-corrected chi connectivity index (χ3v) is 4.15. The van der Waals surface area contributed by atoms with Crippen LogP contribution in [0.4, 0.5) is 0 Å². The lowest BCUT2D eigenvalue weighted by Gasteiger charge is -2.40. The lowest BCUT2D eigenvalue weighted by molar-refractivity contribution is -0.133. The highest BCUT2D eigenvalue weighted by molar-refractivity contribution is 5.85. The van der Waals surface area contributed by atoms with Crippen molar-refractivity contribution in [3.8, 4) is 0 Å². The summed E-state index contributed by atoms with van der Waals surface area (Å²) in [4.78, 5) is 14.8. The number of rotatable bonds is 5. The van der Waals surface area contributed by atoms with Gasteiger partial charge < -0.3 is 15.7 Å². The molecule has 1 saturated heterocycles. The monoisotopic (exact) mass is 291 g/mol. The number of carbonyl (C=O) groups is 1. The Bertz CT molecular complexity index is 456. The number of aliphatic hydroxyl groups is 1. The van der Waals surface area contributed by atoms with E-state index in [1.54, 1.807) is 0 Å². The van der Waals surface area contributed by atoms with Gasteiger partial charge in [-0.15, -0.1) is 0 Å². The average molecular weight is 291 g/mol. The molecule has 1 aliphatic rings. The van der Waals surface area contributed by atoms with Crippen LogP contribution in [-0.2, 0) is 4.79 Å². The van der Waals surface area contributed by atoms with E-state index in [9.17, 15) is 9.90 Å². The van der Waals surface area contributed by atoms with Crippen molar-refractivity contribution in [3.63, 3.8) is 0 Å². The highest BCUT2D eigenvalue weighted by Crippen LogP contribution is 2.18. The van der Waals surface area contributed by atoms with Crippen molar-refractivity contribution in [2.24, 2.45) is 0 Å². The molecule has 1 aromatic carbocycles. The minimum Gasteiger partial charge on any atom is -0.394 e. The molecule has 0 aromatic heterocycles. The second-order valence-corrected chi connectivity index (χ2v) is 5.92. The van der Waals surface area contributed by atoms with E-state index >= 15 is 0 Å². The first-order valence-corrected chi connectivity index (χ1v) is 7.48. The molecule has 1 atom stereocenters. The number of piperazine rings is 1. The maximum absolute atomic E-state index is 12.6. The second-order valence-electron chi connectivity index (χ2n) is 5.92. The third kappa shape index (κ3) is 3.81. The highest BCUT2D eigenvalue weighted by Gasteiger charge is 2.36. The molecule has 1 heterocycles. The fourth-order valence-corrected chi connectivity index (χ4v) is 2.62. The summed E-state index contributed by atoms with van der Waals surface area (Å²) in [6, 6.07) is 9.21. The van der Waals surface area contributed by atoms with Crippen LogP contribution < -0.4 is 10.6 Å². The molecular weight excluding hydrogens is 266 g/mol. The van der Waals surface area contributed by atoms with Gasteiger partial charge in [-0.3, -0.25) is 9.69 Å². The van der Waals surface area contributed by atoms with Crippen LogP contribution in [0.5, 0.6) is 0 Å². The number of amides is 1. The summed E-state index contributed by atoms with van der Waals surface area (Å²) in [5.74, 6) is -0.0488.